The molecule has 1 saturated heterocycles. The van der Waals surface area contributed by atoms with Crippen LogP contribution in [0.3, 0.4) is 0 Å². The predicted molar refractivity (Wildman–Crippen MR) is 87.3 cm³/mol. The Morgan fingerprint density at radius 3 is 2.85 bits per heavy atom. The molecule has 20 heavy (non-hydrogen) atoms. The van der Waals surface area contributed by atoms with Crippen molar-refractivity contribution in [3.05, 3.63) is 34.9 Å². The van der Waals surface area contributed by atoms with E-state index in [0.29, 0.717) is 11.5 Å². The zero-order valence-electron chi connectivity index (χ0n) is 13.0. The van der Waals surface area contributed by atoms with E-state index in [-0.39, 0.29) is 0 Å². The summed E-state index contributed by atoms with van der Waals surface area (Å²) in [5.74, 6) is 0. The Bertz CT molecular complexity index is 427. The van der Waals surface area contributed by atoms with Crippen LogP contribution in [-0.2, 0) is 0 Å². The van der Waals surface area contributed by atoms with E-state index < -0.39 is 0 Å². The monoisotopic (exact) mass is 294 g/mol. The van der Waals surface area contributed by atoms with Gasteiger partial charge in [0, 0.05) is 24.2 Å². The van der Waals surface area contributed by atoms with Crippen LogP contribution in [0.25, 0.3) is 0 Å². The molecule has 0 spiro atoms. The Labute approximate surface area is 128 Å². The van der Waals surface area contributed by atoms with Gasteiger partial charge in [0.25, 0.3) is 0 Å². The molecule has 2 unspecified atom stereocenters. The molecule has 2 rings (SSSR count). The largest absolute Gasteiger partial charge is 0.316 e. The third-order valence-corrected chi connectivity index (χ3v) is 4.92. The van der Waals surface area contributed by atoms with E-state index in [1.54, 1.807) is 0 Å². The molecule has 0 bridgehead atoms. The van der Waals surface area contributed by atoms with Gasteiger partial charge in [0.15, 0.2) is 0 Å². The first-order chi connectivity index (χ1) is 9.56. The fourth-order valence-electron chi connectivity index (χ4n) is 3.44. The molecular formula is C17H27ClN2. The van der Waals surface area contributed by atoms with E-state index in [0.717, 1.165) is 18.1 Å². The highest BCUT2D eigenvalue weighted by molar-refractivity contribution is 6.30. The lowest BCUT2D eigenvalue weighted by Crippen LogP contribution is -2.38. The second-order valence-corrected chi connectivity index (χ2v) is 6.76. The van der Waals surface area contributed by atoms with Crippen molar-refractivity contribution >= 4 is 11.6 Å². The molecule has 2 atom stereocenters. The SMILES string of the molecule is CCCC1(CN(C)C(C)c2cccc(Cl)c2)CCNC1. The molecule has 0 aromatic heterocycles. The second kappa shape index (κ2) is 6.93. The number of rotatable bonds is 6. The Morgan fingerprint density at radius 2 is 2.25 bits per heavy atom. The van der Waals surface area contributed by atoms with Crippen LogP contribution in [0.1, 0.15) is 44.7 Å². The zero-order chi connectivity index (χ0) is 14.6. The molecule has 1 aromatic rings. The molecule has 2 nitrogen and oxygen atoms in total. The van der Waals surface area contributed by atoms with E-state index in [9.17, 15) is 0 Å². The van der Waals surface area contributed by atoms with Gasteiger partial charge in [0.2, 0.25) is 0 Å². The Morgan fingerprint density at radius 1 is 1.45 bits per heavy atom. The minimum Gasteiger partial charge on any atom is -0.316 e. The maximum absolute atomic E-state index is 6.11. The summed E-state index contributed by atoms with van der Waals surface area (Å²) in [6, 6.07) is 8.65. The summed E-state index contributed by atoms with van der Waals surface area (Å²) in [6.07, 6.45) is 3.88. The van der Waals surface area contributed by atoms with Gasteiger partial charge in [-0.25, -0.2) is 0 Å². The van der Waals surface area contributed by atoms with Gasteiger partial charge in [-0.15, -0.1) is 0 Å². The van der Waals surface area contributed by atoms with Crippen LogP contribution in [0.4, 0.5) is 0 Å². The summed E-state index contributed by atoms with van der Waals surface area (Å²) in [5, 5.41) is 4.37. The smallest absolute Gasteiger partial charge is 0.0409 e. The quantitative estimate of drug-likeness (QED) is 0.849. The van der Waals surface area contributed by atoms with Crippen LogP contribution in [0, 0.1) is 5.41 Å². The zero-order valence-corrected chi connectivity index (χ0v) is 13.7. The minimum atomic E-state index is 0.406. The van der Waals surface area contributed by atoms with Gasteiger partial charge in [0.05, 0.1) is 0 Å². The molecule has 3 heteroatoms. The lowest BCUT2D eigenvalue weighted by Gasteiger charge is -2.36. The maximum Gasteiger partial charge on any atom is 0.0409 e. The fraction of sp³-hybridized carbons (Fsp3) is 0.647. The Balaban J connectivity index is 2.04. The van der Waals surface area contributed by atoms with Crippen LogP contribution in [-0.4, -0.2) is 31.6 Å². The third kappa shape index (κ3) is 3.75. The van der Waals surface area contributed by atoms with Gasteiger partial charge in [-0.2, -0.15) is 0 Å². The van der Waals surface area contributed by atoms with Gasteiger partial charge in [-0.05, 0) is 56.5 Å². The van der Waals surface area contributed by atoms with Crippen molar-refractivity contribution in [1.82, 2.24) is 10.2 Å². The number of hydrogen-bond donors (Lipinski definition) is 1. The fourth-order valence-corrected chi connectivity index (χ4v) is 3.64. The molecule has 0 radical (unpaired) electrons. The van der Waals surface area contributed by atoms with Crippen molar-refractivity contribution in [1.29, 1.82) is 0 Å². The molecule has 1 aromatic carbocycles. The van der Waals surface area contributed by atoms with E-state index in [1.165, 1.54) is 31.4 Å². The molecule has 0 saturated carbocycles. The van der Waals surface area contributed by atoms with E-state index in [1.807, 2.05) is 12.1 Å². The van der Waals surface area contributed by atoms with Gasteiger partial charge >= 0.3 is 0 Å². The van der Waals surface area contributed by atoms with Crippen molar-refractivity contribution in [3.8, 4) is 0 Å². The molecular weight excluding hydrogens is 268 g/mol. The molecule has 1 aliphatic rings. The molecule has 1 aliphatic heterocycles. The first-order valence-electron chi connectivity index (χ1n) is 7.73. The van der Waals surface area contributed by atoms with Crippen molar-refractivity contribution in [2.45, 2.75) is 39.2 Å². The molecule has 1 heterocycles. The van der Waals surface area contributed by atoms with Crippen molar-refractivity contribution in [2.75, 3.05) is 26.7 Å². The molecule has 0 amide bonds. The highest BCUT2D eigenvalue weighted by Crippen LogP contribution is 2.34. The highest BCUT2D eigenvalue weighted by atomic mass is 35.5. The van der Waals surface area contributed by atoms with Gasteiger partial charge in [-0.1, -0.05) is 37.1 Å². The predicted octanol–water partition coefficient (Wildman–Crippen LogP) is 4.11. The van der Waals surface area contributed by atoms with Crippen LogP contribution in [0.15, 0.2) is 24.3 Å². The van der Waals surface area contributed by atoms with E-state index in [2.05, 4.69) is 43.2 Å². The van der Waals surface area contributed by atoms with Gasteiger partial charge < -0.3 is 5.32 Å². The average molecular weight is 295 g/mol. The van der Waals surface area contributed by atoms with Gasteiger partial charge in [-0.3, -0.25) is 4.90 Å². The summed E-state index contributed by atoms with van der Waals surface area (Å²) >= 11 is 6.11. The first kappa shape index (κ1) is 15.8. The van der Waals surface area contributed by atoms with Crippen molar-refractivity contribution in [2.24, 2.45) is 5.41 Å². The second-order valence-electron chi connectivity index (χ2n) is 6.32. The highest BCUT2D eigenvalue weighted by Gasteiger charge is 2.34. The van der Waals surface area contributed by atoms with Crippen LogP contribution in [0.2, 0.25) is 5.02 Å². The summed E-state index contributed by atoms with van der Waals surface area (Å²) in [4.78, 5) is 2.48. The summed E-state index contributed by atoms with van der Waals surface area (Å²) in [5.41, 5.74) is 1.76. The lowest BCUT2D eigenvalue weighted by molar-refractivity contribution is 0.145. The average Bonchev–Trinajstić information content (AvgIpc) is 2.86. The number of benzene rings is 1. The molecule has 112 valence electrons. The normalized spacial score (nSPS) is 24.2. The van der Waals surface area contributed by atoms with Crippen molar-refractivity contribution in [3.63, 3.8) is 0 Å². The number of hydrogen-bond acceptors (Lipinski definition) is 2. The Hall–Kier alpha value is -0.570. The molecule has 1 fully saturated rings. The van der Waals surface area contributed by atoms with Gasteiger partial charge in [0.1, 0.15) is 0 Å². The van der Waals surface area contributed by atoms with E-state index in [4.69, 9.17) is 11.6 Å². The van der Waals surface area contributed by atoms with Crippen molar-refractivity contribution < 1.29 is 0 Å². The number of nitrogens with zero attached hydrogens (tertiary/aromatic N) is 1. The third-order valence-electron chi connectivity index (χ3n) is 4.69. The number of halogens is 1. The van der Waals surface area contributed by atoms with Crippen LogP contribution >= 0.6 is 11.6 Å². The van der Waals surface area contributed by atoms with E-state index >= 15 is 0 Å². The van der Waals surface area contributed by atoms with Crippen LogP contribution < -0.4 is 5.32 Å². The summed E-state index contributed by atoms with van der Waals surface area (Å²) < 4.78 is 0. The first-order valence-corrected chi connectivity index (χ1v) is 8.10. The standard InChI is InChI=1S/C17H27ClN2/c1-4-8-17(9-10-19-12-17)13-20(3)14(2)15-6-5-7-16(18)11-15/h5-7,11,14,19H,4,8-10,12-13H2,1-3H3. The topological polar surface area (TPSA) is 15.3 Å². The molecule has 0 aliphatic carbocycles. The summed E-state index contributed by atoms with van der Waals surface area (Å²) in [7, 11) is 2.24. The molecule has 1 N–H and O–H groups in total. The maximum atomic E-state index is 6.11. The number of nitrogens with one attached hydrogen (secondary N) is 1. The summed E-state index contributed by atoms with van der Waals surface area (Å²) in [6.45, 7) is 8.04. The lowest BCUT2D eigenvalue weighted by atomic mass is 9.81. The van der Waals surface area contributed by atoms with Crippen LogP contribution in [0.5, 0.6) is 0 Å². The Kier molecular flexibility index (Phi) is 5.48. The minimum absolute atomic E-state index is 0.406.